The molecule has 2 nitrogen and oxygen atoms in total. The summed E-state index contributed by atoms with van der Waals surface area (Å²) < 4.78 is 12.5. The number of methoxy groups -OCH3 is 2. The van der Waals surface area contributed by atoms with E-state index >= 15 is 0 Å². The first kappa shape index (κ1) is 10.4. The largest absolute Gasteiger partial charge is 0.492 e. The minimum atomic E-state index is 0.810. The highest BCUT2D eigenvalue weighted by atomic mass is 127. The Kier molecular flexibility index (Phi) is 3.88. The third kappa shape index (κ3) is 1.95. The number of benzene rings is 1. The second-order valence-electron chi connectivity index (χ2n) is 2.10. The van der Waals surface area contributed by atoms with Crippen molar-refractivity contribution in [2.75, 3.05) is 14.2 Å². The SMILES string of the molecule is COc1c(I)ccc(I)c1OC. The Hall–Kier alpha value is 0.280. The van der Waals surface area contributed by atoms with Crippen LogP contribution in [0.15, 0.2) is 12.1 Å². The predicted octanol–water partition coefficient (Wildman–Crippen LogP) is 2.91. The lowest BCUT2D eigenvalue weighted by molar-refractivity contribution is 0.351. The molecular formula is C8H8I2O2. The molecule has 0 saturated carbocycles. The first-order valence-corrected chi connectivity index (χ1v) is 5.42. The average molecular weight is 390 g/mol. The van der Waals surface area contributed by atoms with Crippen LogP contribution in [0.5, 0.6) is 11.5 Å². The number of halogens is 2. The molecule has 0 saturated heterocycles. The fourth-order valence-electron chi connectivity index (χ4n) is 0.895. The molecule has 0 aromatic heterocycles. The van der Waals surface area contributed by atoms with Crippen molar-refractivity contribution in [2.24, 2.45) is 0 Å². The van der Waals surface area contributed by atoms with E-state index in [0.29, 0.717) is 0 Å². The molecule has 12 heavy (non-hydrogen) atoms. The van der Waals surface area contributed by atoms with E-state index in [1.165, 1.54) is 0 Å². The van der Waals surface area contributed by atoms with Gasteiger partial charge in [0.2, 0.25) is 0 Å². The molecule has 1 aromatic carbocycles. The van der Waals surface area contributed by atoms with Crippen molar-refractivity contribution in [1.82, 2.24) is 0 Å². The number of ether oxygens (including phenoxy) is 2. The summed E-state index contributed by atoms with van der Waals surface area (Å²) in [6.45, 7) is 0. The van der Waals surface area contributed by atoms with Crippen LogP contribution in [0, 0.1) is 7.14 Å². The van der Waals surface area contributed by atoms with Crippen molar-refractivity contribution in [1.29, 1.82) is 0 Å². The van der Waals surface area contributed by atoms with Crippen LogP contribution in [0.1, 0.15) is 0 Å². The Morgan fingerprint density at radius 1 is 0.917 bits per heavy atom. The van der Waals surface area contributed by atoms with Crippen molar-refractivity contribution in [3.05, 3.63) is 19.3 Å². The molecule has 1 aromatic rings. The lowest BCUT2D eigenvalue weighted by Crippen LogP contribution is -1.94. The maximum absolute atomic E-state index is 5.21. The van der Waals surface area contributed by atoms with Gasteiger partial charge in [0.25, 0.3) is 0 Å². The molecule has 4 heteroatoms. The Morgan fingerprint density at radius 2 is 1.25 bits per heavy atom. The van der Waals surface area contributed by atoms with Gasteiger partial charge in [-0.05, 0) is 57.3 Å². The Balaban J connectivity index is 3.28. The van der Waals surface area contributed by atoms with Gasteiger partial charge in [-0.2, -0.15) is 0 Å². The van der Waals surface area contributed by atoms with Crippen LogP contribution in [0.25, 0.3) is 0 Å². The van der Waals surface area contributed by atoms with E-state index in [4.69, 9.17) is 9.47 Å². The van der Waals surface area contributed by atoms with Crippen molar-refractivity contribution in [2.45, 2.75) is 0 Å². The maximum Gasteiger partial charge on any atom is 0.175 e. The molecule has 66 valence electrons. The number of hydrogen-bond donors (Lipinski definition) is 0. The highest BCUT2D eigenvalue weighted by molar-refractivity contribution is 14.1. The van der Waals surface area contributed by atoms with E-state index in [2.05, 4.69) is 45.2 Å². The van der Waals surface area contributed by atoms with E-state index in [9.17, 15) is 0 Å². The topological polar surface area (TPSA) is 18.5 Å². The molecule has 1 rings (SSSR count). The molecular weight excluding hydrogens is 382 g/mol. The highest BCUT2D eigenvalue weighted by Crippen LogP contribution is 2.35. The van der Waals surface area contributed by atoms with Gasteiger partial charge in [0.15, 0.2) is 11.5 Å². The zero-order valence-corrected chi connectivity index (χ0v) is 11.0. The van der Waals surface area contributed by atoms with Crippen LogP contribution in [-0.4, -0.2) is 14.2 Å². The summed E-state index contributed by atoms with van der Waals surface area (Å²) in [5.74, 6) is 1.62. The minimum Gasteiger partial charge on any atom is -0.492 e. The van der Waals surface area contributed by atoms with Crippen molar-refractivity contribution in [3.8, 4) is 11.5 Å². The highest BCUT2D eigenvalue weighted by Gasteiger charge is 2.10. The number of rotatable bonds is 2. The zero-order valence-electron chi connectivity index (χ0n) is 6.73. The Morgan fingerprint density at radius 3 is 1.50 bits per heavy atom. The van der Waals surface area contributed by atoms with Crippen LogP contribution in [0.3, 0.4) is 0 Å². The van der Waals surface area contributed by atoms with Gasteiger partial charge < -0.3 is 9.47 Å². The zero-order chi connectivity index (χ0) is 9.14. The lowest BCUT2D eigenvalue weighted by Gasteiger charge is -2.10. The monoisotopic (exact) mass is 390 g/mol. The second kappa shape index (κ2) is 4.50. The van der Waals surface area contributed by atoms with Crippen LogP contribution in [0.4, 0.5) is 0 Å². The first-order valence-electron chi connectivity index (χ1n) is 3.26. The van der Waals surface area contributed by atoms with Gasteiger partial charge in [-0.25, -0.2) is 0 Å². The molecule has 0 aliphatic rings. The van der Waals surface area contributed by atoms with Crippen LogP contribution < -0.4 is 9.47 Å². The summed E-state index contributed by atoms with van der Waals surface area (Å²) in [7, 11) is 3.30. The van der Waals surface area contributed by atoms with E-state index in [0.717, 1.165) is 18.6 Å². The molecule has 0 N–H and O–H groups in total. The molecule has 0 radical (unpaired) electrons. The summed E-state index contributed by atoms with van der Waals surface area (Å²) in [6.07, 6.45) is 0. The van der Waals surface area contributed by atoms with Crippen molar-refractivity contribution >= 4 is 45.2 Å². The second-order valence-corrected chi connectivity index (χ2v) is 4.42. The maximum atomic E-state index is 5.21. The number of hydrogen-bond acceptors (Lipinski definition) is 2. The van der Waals surface area contributed by atoms with Gasteiger partial charge in [0, 0.05) is 0 Å². The molecule has 0 aliphatic heterocycles. The molecule has 0 bridgehead atoms. The van der Waals surface area contributed by atoms with E-state index in [1.54, 1.807) is 14.2 Å². The standard InChI is InChI=1S/C8H8I2O2/c1-11-7-5(9)3-4-6(10)8(7)12-2/h3-4H,1-2H3. The summed E-state index contributed by atoms with van der Waals surface area (Å²) >= 11 is 4.44. The molecule has 0 spiro atoms. The quantitative estimate of drug-likeness (QED) is 0.724. The fraction of sp³-hybridized carbons (Fsp3) is 0.250. The van der Waals surface area contributed by atoms with Gasteiger partial charge in [-0.15, -0.1) is 0 Å². The predicted molar refractivity (Wildman–Crippen MR) is 65.0 cm³/mol. The lowest BCUT2D eigenvalue weighted by atomic mass is 10.3. The molecule has 0 aliphatic carbocycles. The van der Waals surface area contributed by atoms with Crippen molar-refractivity contribution in [3.63, 3.8) is 0 Å². The smallest absolute Gasteiger partial charge is 0.175 e. The van der Waals surface area contributed by atoms with Gasteiger partial charge in [-0.3, -0.25) is 0 Å². The van der Waals surface area contributed by atoms with Crippen LogP contribution in [-0.2, 0) is 0 Å². The Bertz CT molecular complexity index is 258. The van der Waals surface area contributed by atoms with Crippen LogP contribution >= 0.6 is 45.2 Å². The normalized spacial score (nSPS) is 9.67. The fourth-order valence-corrected chi connectivity index (χ4v) is 2.18. The molecule has 0 unspecified atom stereocenters. The van der Waals surface area contributed by atoms with Gasteiger partial charge in [0.05, 0.1) is 21.4 Å². The summed E-state index contributed by atoms with van der Waals surface area (Å²) in [4.78, 5) is 0. The molecule has 0 atom stereocenters. The van der Waals surface area contributed by atoms with E-state index in [1.807, 2.05) is 12.1 Å². The first-order chi connectivity index (χ1) is 5.70. The van der Waals surface area contributed by atoms with E-state index in [-0.39, 0.29) is 0 Å². The van der Waals surface area contributed by atoms with Gasteiger partial charge in [0.1, 0.15) is 0 Å². The molecule has 0 fully saturated rings. The third-order valence-electron chi connectivity index (χ3n) is 1.42. The Labute approximate surface area is 98.9 Å². The van der Waals surface area contributed by atoms with Gasteiger partial charge in [-0.1, -0.05) is 0 Å². The van der Waals surface area contributed by atoms with E-state index < -0.39 is 0 Å². The average Bonchev–Trinajstić information content (AvgIpc) is 2.08. The summed E-state index contributed by atoms with van der Waals surface area (Å²) in [6, 6.07) is 4.01. The molecule has 0 heterocycles. The third-order valence-corrected chi connectivity index (χ3v) is 3.12. The summed E-state index contributed by atoms with van der Waals surface area (Å²) in [5, 5.41) is 0. The summed E-state index contributed by atoms with van der Waals surface area (Å²) in [5.41, 5.74) is 0. The minimum absolute atomic E-state index is 0.810. The van der Waals surface area contributed by atoms with Crippen molar-refractivity contribution < 1.29 is 9.47 Å². The van der Waals surface area contributed by atoms with Crippen LogP contribution in [0.2, 0.25) is 0 Å². The molecule has 0 amide bonds. The van der Waals surface area contributed by atoms with Gasteiger partial charge >= 0.3 is 0 Å².